The van der Waals surface area contributed by atoms with E-state index in [2.05, 4.69) is 32.9 Å². The first-order valence-electron chi connectivity index (χ1n) is 15.5. The molecule has 2 amide bonds. The molecule has 0 saturated heterocycles. The van der Waals surface area contributed by atoms with E-state index in [0.717, 1.165) is 45.1 Å². The predicted octanol–water partition coefficient (Wildman–Crippen LogP) is 5.29. The zero-order valence-corrected chi connectivity index (χ0v) is 25.6. The van der Waals surface area contributed by atoms with Gasteiger partial charge in [-0.05, 0) is 95.3 Å². The van der Waals surface area contributed by atoms with Crippen LogP contribution in [-0.2, 0) is 24.7 Å². The predicted molar refractivity (Wildman–Crippen MR) is 172 cm³/mol. The van der Waals surface area contributed by atoms with Crippen molar-refractivity contribution in [3.63, 3.8) is 0 Å². The molecule has 1 N–H and O–H groups in total. The molecule has 5 aromatic rings. The van der Waals surface area contributed by atoms with Gasteiger partial charge in [0.05, 0.1) is 19.7 Å². The van der Waals surface area contributed by atoms with Crippen molar-refractivity contribution in [2.75, 3.05) is 19.7 Å². The van der Waals surface area contributed by atoms with Gasteiger partial charge in [-0.1, -0.05) is 42.5 Å². The van der Waals surface area contributed by atoms with Gasteiger partial charge >= 0.3 is 0 Å². The zero-order valence-electron chi connectivity index (χ0n) is 25.6. The molecule has 46 heavy (non-hydrogen) atoms. The molecule has 10 nitrogen and oxygen atoms in total. The van der Waals surface area contributed by atoms with Crippen molar-refractivity contribution in [1.82, 2.24) is 30.4 Å². The molecule has 0 radical (unpaired) electrons. The van der Waals surface area contributed by atoms with Crippen LogP contribution in [0.2, 0.25) is 0 Å². The molecule has 0 saturated carbocycles. The SMILES string of the molecule is Cn1nnc(-c2ccc(C(=O)N3CCc4cc5ccc4C3c3cccc(c3)OCCCNC(=O)CCc3ccc(cc3)O5)cc2)n1. The maximum Gasteiger partial charge on any atom is 0.254 e. The average molecular weight is 615 g/mol. The molecule has 5 aliphatic heterocycles. The number of hydrogen-bond acceptors (Lipinski definition) is 7. The van der Waals surface area contributed by atoms with Crippen LogP contribution in [-0.4, -0.2) is 56.6 Å². The highest BCUT2D eigenvalue weighted by Crippen LogP contribution is 2.39. The summed E-state index contributed by atoms with van der Waals surface area (Å²) in [5.41, 5.74) is 5.59. The van der Waals surface area contributed by atoms with Gasteiger partial charge < -0.3 is 19.7 Å². The van der Waals surface area contributed by atoms with E-state index in [1.165, 1.54) is 4.80 Å². The summed E-state index contributed by atoms with van der Waals surface area (Å²) < 4.78 is 12.4. The first-order chi connectivity index (χ1) is 22.5. The lowest BCUT2D eigenvalue weighted by molar-refractivity contribution is -0.121. The lowest BCUT2D eigenvalue weighted by atomic mass is 9.87. The van der Waals surface area contributed by atoms with Crippen molar-refractivity contribution in [2.24, 2.45) is 7.05 Å². The van der Waals surface area contributed by atoms with Crippen LogP contribution >= 0.6 is 0 Å². The van der Waals surface area contributed by atoms with E-state index >= 15 is 0 Å². The molecule has 5 aliphatic rings. The number of benzene rings is 4. The second-order valence-corrected chi connectivity index (χ2v) is 11.6. The van der Waals surface area contributed by atoms with Crippen LogP contribution in [0, 0.1) is 0 Å². The minimum absolute atomic E-state index is 0.0200. The topological polar surface area (TPSA) is 111 Å². The van der Waals surface area contributed by atoms with Crippen LogP contribution in [0.1, 0.15) is 51.5 Å². The molecule has 6 heterocycles. The van der Waals surface area contributed by atoms with Crippen molar-refractivity contribution < 1.29 is 19.1 Å². The molecule has 0 fully saturated rings. The van der Waals surface area contributed by atoms with Crippen molar-refractivity contribution in [1.29, 1.82) is 0 Å². The summed E-state index contributed by atoms with van der Waals surface area (Å²) in [6, 6.07) is 28.9. The van der Waals surface area contributed by atoms with Gasteiger partial charge in [0.25, 0.3) is 5.91 Å². The van der Waals surface area contributed by atoms with Crippen LogP contribution in [0.5, 0.6) is 17.2 Å². The van der Waals surface area contributed by atoms with Crippen LogP contribution in [0.25, 0.3) is 11.4 Å². The quantitative estimate of drug-likeness (QED) is 0.288. The second kappa shape index (κ2) is 12.8. The van der Waals surface area contributed by atoms with Crippen LogP contribution < -0.4 is 14.8 Å². The molecule has 1 aromatic heterocycles. The second-order valence-electron chi connectivity index (χ2n) is 11.6. The number of nitrogens with one attached hydrogen (secondary N) is 1. The first kappa shape index (κ1) is 29.2. The molecule has 4 aromatic carbocycles. The summed E-state index contributed by atoms with van der Waals surface area (Å²) in [6.45, 7) is 1.53. The standard InChI is InChI=1S/C36H34N6O4/c1-41-39-35(38-40-41)25-9-11-26(12-10-25)36(44)42-20-18-27-22-31-15-16-32(27)34(42)28-4-2-5-30(23-28)45-21-3-19-37-33(43)17-8-24-6-13-29(46-31)14-7-24/h2,4-7,9-16,22-23,34H,3,8,17-21H2,1H3,(H,37,43). The van der Waals surface area contributed by atoms with Gasteiger partial charge in [0.1, 0.15) is 17.2 Å². The Morgan fingerprint density at radius 2 is 1.72 bits per heavy atom. The minimum atomic E-state index is -0.331. The molecule has 232 valence electrons. The normalized spacial score (nSPS) is 16.6. The number of ether oxygens (including phenoxy) is 2. The summed E-state index contributed by atoms with van der Waals surface area (Å²) in [4.78, 5) is 29.9. The number of nitrogens with zero attached hydrogens (tertiary/aromatic N) is 5. The van der Waals surface area contributed by atoms with Crippen molar-refractivity contribution in [3.05, 3.63) is 119 Å². The summed E-state index contributed by atoms with van der Waals surface area (Å²) >= 11 is 0. The Bertz CT molecular complexity index is 1870. The summed E-state index contributed by atoms with van der Waals surface area (Å²) in [6.07, 6.45) is 2.45. The van der Waals surface area contributed by atoms with Gasteiger partial charge in [0.2, 0.25) is 11.7 Å². The molecule has 8 bridgehead atoms. The summed E-state index contributed by atoms with van der Waals surface area (Å²) in [5, 5.41) is 15.2. The highest BCUT2D eigenvalue weighted by molar-refractivity contribution is 5.95. The lowest BCUT2D eigenvalue weighted by Crippen LogP contribution is -2.40. The molecule has 10 heteroatoms. The van der Waals surface area contributed by atoms with Crippen molar-refractivity contribution in [3.8, 4) is 28.6 Å². The van der Waals surface area contributed by atoms with Gasteiger partial charge in [-0.3, -0.25) is 9.59 Å². The fraction of sp³-hybridized carbons (Fsp3) is 0.250. The average Bonchev–Trinajstić information content (AvgIpc) is 3.53. The van der Waals surface area contributed by atoms with Gasteiger partial charge in [0, 0.05) is 30.6 Å². The summed E-state index contributed by atoms with van der Waals surface area (Å²) in [7, 11) is 1.72. The Morgan fingerprint density at radius 1 is 0.891 bits per heavy atom. The van der Waals surface area contributed by atoms with E-state index in [-0.39, 0.29) is 17.9 Å². The Labute approximate surface area is 267 Å². The van der Waals surface area contributed by atoms with E-state index in [0.29, 0.717) is 56.8 Å². The molecule has 1 unspecified atom stereocenters. The van der Waals surface area contributed by atoms with Gasteiger partial charge in [-0.2, -0.15) is 4.80 Å². The number of carbonyl (C=O) groups is 2. The minimum Gasteiger partial charge on any atom is -0.494 e. The maximum atomic E-state index is 14.2. The van der Waals surface area contributed by atoms with Crippen molar-refractivity contribution >= 4 is 11.8 Å². The van der Waals surface area contributed by atoms with Gasteiger partial charge in [0.15, 0.2) is 0 Å². The monoisotopic (exact) mass is 614 g/mol. The first-order valence-corrected chi connectivity index (χ1v) is 15.5. The third-order valence-electron chi connectivity index (χ3n) is 8.39. The fourth-order valence-corrected chi connectivity index (χ4v) is 6.04. The highest BCUT2D eigenvalue weighted by Gasteiger charge is 2.33. The number of hydrogen-bond donors (Lipinski definition) is 1. The summed E-state index contributed by atoms with van der Waals surface area (Å²) in [5.74, 6) is 2.64. The van der Waals surface area contributed by atoms with Gasteiger partial charge in [-0.15, -0.1) is 10.2 Å². The van der Waals surface area contributed by atoms with E-state index in [1.54, 1.807) is 7.05 Å². The van der Waals surface area contributed by atoms with Crippen molar-refractivity contribution in [2.45, 2.75) is 31.7 Å². The fourth-order valence-electron chi connectivity index (χ4n) is 6.04. The maximum absolute atomic E-state index is 14.2. The number of amides is 2. The smallest absolute Gasteiger partial charge is 0.254 e. The van der Waals surface area contributed by atoms with E-state index in [4.69, 9.17) is 9.47 Å². The Balaban J connectivity index is 1.23. The zero-order chi connectivity index (χ0) is 31.5. The largest absolute Gasteiger partial charge is 0.494 e. The molecular formula is C36H34N6O4. The van der Waals surface area contributed by atoms with Crippen LogP contribution in [0.4, 0.5) is 0 Å². The number of rotatable bonds is 2. The number of tetrazole rings is 1. The third kappa shape index (κ3) is 6.32. The van der Waals surface area contributed by atoms with Gasteiger partial charge in [-0.25, -0.2) is 0 Å². The van der Waals surface area contributed by atoms with E-state index in [1.807, 2.05) is 83.8 Å². The Morgan fingerprint density at radius 3 is 2.52 bits per heavy atom. The van der Waals surface area contributed by atoms with Crippen LogP contribution in [0.15, 0.2) is 91.0 Å². The van der Waals surface area contributed by atoms with E-state index in [9.17, 15) is 9.59 Å². The molecular weight excluding hydrogens is 580 g/mol. The Kier molecular flexibility index (Phi) is 8.16. The molecule has 0 aliphatic carbocycles. The number of carbonyl (C=O) groups excluding carboxylic acids is 2. The Hall–Kier alpha value is -5.51. The molecule has 1 atom stereocenters. The lowest BCUT2D eigenvalue weighted by Gasteiger charge is -2.38. The number of aryl methyl sites for hydroxylation is 2. The third-order valence-corrected chi connectivity index (χ3v) is 8.39. The van der Waals surface area contributed by atoms with Crippen LogP contribution in [0.3, 0.4) is 0 Å². The molecule has 10 rings (SSSR count). The number of aromatic nitrogens is 4. The van der Waals surface area contributed by atoms with E-state index < -0.39 is 0 Å². The highest BCUT2D eigenvalue weighted by atomic mass is 16.5. The molecule has 0 spiro atoms.